The highest BCUT2D eigenvalue weighted by Gasteiger charge is 1.98. The van der Waals surface area contributed by atoms with Crippen molar-refractivity contribution in [2.45, 2.75) is 96.8 Å². The summed E-state index contributed by atoms with van der Waals surface area (Å²) in [6.07, 6.45) is 17.0. The lowest BCUT2D eigenvalue weighted by Gasteiger charge is -2.10. The molecule has 5 heteroatoms. The van der Waals surface area contributed by atoms with Crippen molar-refractivity contribution in [3.63, 3.8) is 0 Å². The van der Waals surface area contributed by atoms with Crippen molar-refractivity contribution >= 4 is 5.97 Å². The molecule has 0 amide bonds. The van der Waals surface area contributed by atoms with E-state index in [0.29, 0.717) is 6.61 Å². The molecule has 0 saturated carbocycles. The van der Waals surface area contributed by atoms with Crippen molar-refractivity contribution in [3.8, 4) is 0 Å². The quantitative estimate of drug-likeness (QED) is 0.216. The number of ether oxygens (including phenoxy) is 2. The maximum absolute atomic E-state index is 10.3. The van der Waals surface area contributed by atoms with Crippen molar-refractivity contribution in [2.75, 3.05) is 33.0 Å². The number of carbonyl (C=O) groups is 1. The first-order valence-electron chi connectivity index (χ1n) is 11.5. The monoisotopic (exact) mass is 399 g/mol. The van der Waals surface area contributed by atoms with Crippen LogP contribution in [0.15, 0.2) is 12.3 Å². The smallest absolute Gasteiger partial charge is 0.329 e. The highest BCUT2D eigenvalue weighted by atomic mass is 16.5. The molecule has 0 aromatic carbocycles. The van der Waals surface area contributed by atoms with E-state index in [1.54, 1.807) is 0 Å². The van der Waals surface area contributed by atoms with Gasteiger partial charge in [-0.05, 0) is 44.9 Å². The van der Waals surface area contributed by atoms with Crippen molar-refractivity contribution in [3.05, 3.63) is 12.3 Å². The van der Waals surface area contributed by atoms with Gasteiger partial charge in [0.05, 0.1) is 0 Å². The molecular weight excluding hydrogens is 354 g/mol. The second-order valence-corrected chi connectivity index (χ2v) is 7.58. The average Bonchev–Trinajstić information content (AvgIpc) is 2.67. The van der Waals surface area contributed by atoms with E-state index in [4.69, 9.17) is 14.6 Å². The number of carboxylic acid groups (broad SMARTS) is 1. The van der Waals surface area contributed by atoms with Crippen LogP contribution in [0.3, 0.4) is 0 Å². The standard InChI is InChI=1S/C23H45NO4/c1-3-4-5-6-7-8-9-12-17-24-22(2)16-11-15-19-27-18-13-10-14-20-28-21-23(25)26/h24H,2-21H2,1H3,(H,25,26). The Kier molecular flexibility index (Phi) is 21.4. The molecule has 0 aliphatic heterocycles. The molecule has 0 aliphatic carbocycles. The summed E-state index contributed by atoms with van der Waals surface area (Å²) in [6, 6.07) is 0. The summed E-state index contributed by atoms with van der Waals surface area (Å²) in [4.78, 5) is 10.3. The predicted molar refractivity (Wildman–Crippen MR) is 117 cm³/mol. The van der Waals surface area contributed by atoms with Gasteiger partial charge in [0, 0.05) is 32.1 Å². The van der Waals surface area contributed by atoms with Crippen molar-refractivity contribution in [1.29, 1.82) is 0 Å². The number of rotatable bonds is 23. The maximum atomic E-state index is 10.3. The van der Waals surface area contributed by atoms with Crippen LogP contribution in [0.1, 0.15) is 96.8 Å². The second-order valence-electron chi connectivity index (χ2n) is 7.58. The second kappa shape index (κ2) is 22.2. The zero-order valence-corrected chi connectivity index (χ0v) is 18.3. The number of aliphatic carboxylic acids is 1. The van der Waals surface area contributed by atoms with E-state index in [1.807, 2.05) is 0 Å². The zero-order valence-electron chi connectivity index (χ0n) is 18.3. The van der Waals surface area contributed by atoms with Gasteiger partial charge in [-0.2, -0.15) is 0 Å². The van der Waals surface area contributed by atoms with E-state index in [9.17, 15) is 4.79 Å². The molecule has 0 heterocycles. The minimum absolute atomic E-state index is 0.199. The largest absolute Gasteiger partial charge is 0.480 e. The van der Waals surface area contributed by atoms with Gasteiger partial charge in [-0.1, -0.05) is 58.4 Å². The lowest BCUT2D eigenvalue weighted by atomic mass is 10.1. The third-order valence-corrected chi connectivity index (χ3v) is 4.73. The Balaban J connectivity index is 3.16. The van der Waals surface area contributed by atoms with Crippen LogP contribution in [0.2, 0.25) is 0 Å². The molecule has 166 valence electrons. The SMILES string of the molecule is C=C(CCCCOCCCCCOCC(=O)O)NCCCCCCCCCC. The molecule has 0 unspecified atom stereocenters. The first-order valence-corrected chi connectivity index (χ1v) is 11.5. The van der Waals surface area contributed by atoms with Crippen LogP contribution in [0.5, 0.6) is 0 Å². The molecule has 0 aromatic rings. The molecule has 0 aliphatic rings. The van der Waals surface area contributed by atoms with Gasteiger partial charge in [-0.25, -0.2) is 4.79 Å². The van der Waals surface area contributed by atoms with E-state index in [-0.39, 0.29) is 6.61 Å². The number of hydrogen-bond acceptors (Lipinski definition) is 4. The van der Waals surface area contributed by atoms with Crippen LogP contribution in [0.4, 0.5) is 0 Å². The number of allylic oxidation sites excluding steroid dienone is 1. The molecule has 0 aromatic heterocycles. The Morgan fingerprint density at radius 2 is 1.32 bits per heavy atom. The van der Waals surface area contributed by atoms with Gasteiger partial charge >= 0.3 is 5.97 Å². The molecule has 0 spiro atoms. The summed E-state index contributed by atoms with van der Waals surface area (Å²) in [7, 11) is 0. The van der Waals surface area contributed by atoms with Gasteiger partial charge in [0.25, 0.3) is 0 Å². The van der Waals surface area contributed by atoms with Gasteiger partial charge in [0.2, 0.25) is 0 Å². The Labute approximate surface area is 173 Å². The van der Waals surface area contributed by atoms with E-state index < -0.39 is 5.97 Å². The number of nitrogens with one attached hydrogen (secondary N) is 1. The highest BCUT2D eigenvalue weighted by Crippen LogP contribution is 2.08. The zero-order chi connectivity index (χ0) is 20.7. The first-order chi connectivity index (χ1) is 13.7. The van der Waals surface area contributed by atoms with Crippen LogP contribution in [0.25, 0.3) is 0 Å². The van der Waals surface area contributed by atoms with Crippen LogP contribution in [-0.4, -0.2) is 44.0 Å². The molecule has 28 heavy (non-hydrogen) atoms. The normalized spacial score (nSPS) is 10.9. The van der Waals surface area contributed by atoms with Gasteiger partial charge < -0.3 is 19.9 Å². The van der Waals surface area contributed by atoms with E-state index in [2.05, 4.69) is 18.8 Å². The Bertz CT molecular complexity index is 361. The molecule has 0 atom stereocenters. The fourth-order valence-corrected chi connectivity index (χ4v) is 3.00. The summed E-state index contributed by atoms with van der Waals surface area (Å²) in [5.41, 5.74) is 1.16. The summed E-state index contributed by atoms with van der Waals surface area (Å²) in [6.45, 7) is 9.33. The predicted octanol–water partition coefficient (Wildman–Crippen LogP) is 5.69. The molecule has 5 nitrogen and oxygen atoms in total. The number of unbranched alkanes of at least 4 members (excludes halogenated alkanes) is 10. The minimum Gasteiger partial charge on any atom is -0.480 e. The topological polar surface area (TPSA) is 67.8 Å². The fourth-order valence-electron chi connectivity index (χ4n) is 3.00. The summed E-state index contributed by atoms with van der Waals surface area (Å²) in [5.74, 6) is -0.908. The van der Waals surface area contributed by atoms with Gasteiger partial charge in [0.15, 0.2) is 0 Å². The summed E-state index contributed by atoms with van der Waals surface area (Å²) < 4.78 is 10.6. The van der Waals surface area contributed by atoms with Gasteiger partial charge in [0.1, 0.15) is 6.61 Å². The molecule has 0 fully saturated rings. The van der Waals surface area contributed by atoms with Gasteiger partial charge in [-0.3, -0.25) is 0 Å². The average molecular weight is 400 g/mol. The van der Waals surface area contributed by atoms with E-state index >= 15 is 0 Å². The third kappa shape index (κ3) is 23.0. The molecule has 0 bridgehead atoms. The Hall–Kier alpha value is -1.07. The lowest BCUT2D eigenvalue weighted by molar-refractivity contribution is -0.142. The van der Waals surface area contributed by atoms with E-state index in [0.717, 1.165) is 64.0 Å². The number of carboxylic acids is 1. The van der Waals surface area contributed by atoms with Crippen LogP contribution >= 0.6 is 0 Å². The van der Waals surface area contributed by atoms with Crippen LogP contribution in [0, 0.1) is 0 Å². The fraction of sp³-hybridized carbons (Fsp3) is 0.870. The maximum Gasteiger partial charge on any atom is 0.329 e. The van der Waals surface area contributed by atoms with Crippen molar-refractivity contribution < 1.29 is 19.4 Å². The van der Waals surface area contributed by atoms with E-state index in [1.165, 1.54) is 51.4 Å². The van der Waals surface area contributed by atoms with Crippen molar-refractivity contribution in [2.24, 2.45) is 0 Å². The van der Waals surface area contributed by atoms with Crippen molar-refractivity contribution in [1.82, 2.24) is 5.32 Å². The summed E-state index contributed by atoms with van der Waals surface area (Å²) in [5, 5.41) is 11.9. The Morgan fingerprint density at radius 3 is 1.96 bits per heavy atom. The van der Waals surface area contributed by atoms with Crippen LogP contribution < -0.4 is 5.32 Å². The van der Waals surface area contributed by atoms with Crippen LogP contribution in [-0.2, 0) is 14.3 Å². The molecular formula is C23H45NO4. The highest BCUT2D eigenvalue weighted by molar-refractivity contribution is 5.67. The minimum atomic E-state index is -0.908. The van der Waals surface area contributed by atoms with Gasteiger partial charge in [-0.15, -0.1) is 0 Å². The number of hydrogen-bond donors (Lipinski definition) is 2. The lowest BCUT2D eigenvalue weighted by Crippen LogP contribution is -2.14. The summed E-state index contributed by atoms with van der Waals surface area (Å²) >= 11 is 0. The molecule has 0 rings (SSSR count). The Morgan fingerprint density at radius 1 is 0.786 bits per heavy atom. The first kappa shape index (κ1) is 26.9. The molecule has 0 saturated heterocycles. The third-order valence-electron chi connectivity index (χ3n) is 4.73. The molecule has 0 radical (unpaired) electrons. The molecule has 2 N–H and O–H groups in total.